The second-order valence-electron chi connectivity index (χ2n) is 4.36. The van der Waals surface area contributed by atoms with Gasteiger partial charge < -0.3 is 19.9 Å². The van der Waals surface area contributed by atoms with Crippen LogP contribution in [0.25, 0.3) is 0 Å². The lowest BCUT2D eigenvalue weighted by molar-refractivity contribution is -0.136. The average Bonchev–Trinajstić information content (AvgIpc) is 2.91. The fraction of sp³-hybridized carbons (Fsp3) is 0.267. The largest absolute Gasteiger partial charge is 0.493 e. The summed E-state index contributed by atoms with van der Waals surface area (Å²) in [7, 11) is 3.19. The summed E-state index contributed by atoms with van der Waals surface area (Å²) in [4.78, 5) is 12.6. The van der Waals surface area contributed by atoms with Crippen molar-refractivity contribution < 1.29 is 19.4 Å². The number of anilines is 1. The quantitative estimate of drug-likeness (QED) is 0.823. The van der Waals surface area contributed by atoms with Gasteiger partial charge in [-0.15, -0.1) is 11.3 Å². The second-order valence-corrected chi connectivity index (χ2v) is 5.61. The fourth-order valence-electron chi connectivity index (χ4n) is 1.90. The minimum Gasteiger partial charge on any atom is -0.493 e. The molecule has 0 aliphatic heterocycles. The number of thiophene rings is 1. The Hall–Kier alpha value is -2.21. The molecule has 0 bridgehead atoms. The monoisotopic (exact) mass is 307 g/mol. The molecule has 0 aliphatic rings. The van der Waals surface area contributed by atoms with Gasteiger partial charge in [-0.1, -0.05) is 0 Å². The maximum atomic E-state index is 10.7. The van der Waals surface area contributed by atoms with Crippen molar-refractivity contribution in [2.75, 3.05) is 19.5 Å². The summed E-state index contributed by atoms with van der Waals surface area (Å²) < 4.78 is 10.4. The molecule has 0 saturated carbocycles. The molecule has 0 amide bonds. The van der Waals surface area contributed by atoms with Gasteiger partial charge in [-0.2, -0.15) is 0 Å². The number of carboxylic acid groups (broad SMARTS) is 1. The average molecular weight is 307 g/mol. The van der Waals surface area contributed by atoms with Crippen LogP contribution in [0.5, 0.6) is 11.5 Å². The van der Waals surface area contributed by atoms with Crippen molar-refractivity contribution in [2.45, 2.75) is 13.0 Å². The molecule has 1 aromatic carbocycles. The maximum Gasteiger partial charge on any atom is 0.308 e. The molecule has 0 atom stereocenters. The third-order valence-electron chi connectivity index (χ3n) is 2.89. The molecule has 6 heteroatoms. The Balaban J connectivity index is 1.99. The molecule has 2 rings (SSSR count). The normalized spacial score (nSPS) is 10.2. The molecular formula is C15H17NO4S. The molecule has 2 N–H and O–H groups in total. The van der Waals surface area contributed by atoms with E-state index in [1.807, 2.05) is 30.3 Å². The maximum absolute atomic E-state index is 10.7. The number of nitrogens with one attached hydrogen (secondary N) is 1. The highest BCUT2D eigenvalue weighted by molar-refractivity contribution is 7.12. The van der Waals surface area contributed by atoms with Crippen LogP contribution in [-0.2, 0) is 17.8 Å². The third-order valence-corrected chi connectivity index (χ3v) is 3.98. The van der Waals surface area contributed by atoms with E-state index in [0.29, 0.717) is 18.0 Å². The van der Waals surface area contributed by atoms with Gasteiger partial charge in [0.2, 0.25) is 0 Å². The first-order valence-electron chi connectivity index (χ1n) is 6.37. The van der Waals surface area contributed by atoms with Crippen molar-refractivity contribution in [3.8, 4) is 11.5 Å². The zero-order chi connectivity index (χ0) is 15.2. The van der Waals surface area contributed by atoms with Crippen LogP contribution >= 0.6 is 11.3 Å². The van der Waals surface area contributed by atoms with E-state index in [0.717, 1.165) is 15.4 Å². The lowest BCUT2D eigenvalue weighted by Crippen LogP contribution is -1.99. The lowest BCUT2D eigenvalue weighted by atomic mass is 10.2. The highest BCUT2D eigenvalue weighted by atomic mass is 32.1. The highest BCUT2D eigenvalue weighted by Crippen LogP contribution is 2.30. The van der Waals surface area contributed by atoms with E-state index in [1.165, 1.54) is 11.3 Å². The van der Waals surface area contributed by atoms with Crippen LogP contribution in [0.2, 0.25) is 0 Å². The van der Waals surface area contributed by atoms with Crippen LogP contribution in [-0.4, -0.2) is 25.3 Å². The van der Waals surface area contributed by atoms with Crippen LogP contribution in [0.3, 0.4) is 0 Å². The molecular weight excluding hydrogens is 290 g/mol. The minimum absolute atomic E-state index is 0.0705. The number of carbonyl (C=O) groups is 1. The zero-order valence-corrected chi connectivity index (χ0v) is 12.7. The molecule has 21 heavy (non-hydrogen) atoms. The van der Waals surface area contributed by atoms with Gasteiger partial charge in [0, 0.05) is 28.1 Å². The topological polar surface area (TPSA) is 67.8 Å². The van der Waals surface area contributed by atoms with Gasteiger partial charge in [-0.05, 0) is 24.3 Å². The fourth-order valence-corrected chi connectivity index (χ4v) is 2.85. The van der Waals surface area contributed by atoms with E-state index in [2.05, 4.69) is 5.32 Å². The van der Waals surface area contributed by atoms with Gasteiger partial charge in [-0.25, -0.2) is 0 Å². The first-order chi connectivity index (χ1) is 10.1. The first kappa shape index (κ1) is 15.2. The molecule has 1 aromatic heterocycles. The van der Waals surface area contributed by atoms with Crippen LogP contribution in [0.15, 0.2) is 30.3 Å². The van der Waals surface area contributed by atoms with E-state index < -0.39 is 5.97 Å². The number of benzene rings is 1. The number of carboxylic acids is 1. The first-order valence-corrected chi connectivity index (χ1v) is 7.19. The Bertz CT molecular complexity index is 624. The van der Waals surface area contributed by atoms with E-state index in [1.54, 1.807) is 14.2 Å². The van der Waals surface area contributed by atoms with E-state index in [9.17, 15) is 4.79 Å². The summed E-state index contributed by atoms with van der Waals surface area (Å²) in [6, 6.07) is 9.41. The molecule has 0 spiro atoms. The number of aliphatic carboxylic acids is 1. The van der Waals surface area contributed by atoms with Crippen LogP contribution < -0.4 is 14.8 Å². The Morgan fingerprint density at radius 3 is 2.52 bits per heavy atom. The molecule has 0 radical (unpaired) electrons. The molecule has 0 saturated heterocycles. The van der Waals surface area contributed by atoms with Gasteiger partial charge in [0.05, 0.1) is 20.6 Å². The smallest absolute Gasteiger partial charge is 0.308 e. The van der Waals surface area contributed by atoms with Gasteiger partial charge in [0.25, 0.3) is 0 Å². The van der Waals surface area contributed by atoms with E-state index >= 15 is 0 Å². The van der Waals surface area contributed by atoms with Crippen molar-refractivity contribution in [3.63, 3.8) is 0 Å². The molecule has 0 unspecified atom stereocenters. The van der Waals surface area contributed by atoms with Gasteiger partial charge in [-0.3, -0.25) is 4.79 Å². The summed E-state index contributed by atoms with van der Waals surface area (Å²) in [6.45, 7) is 0.639. The molecule has 2 aromatic rings. The van der Waals surface area contributed by atoms with Crippen molar-refractivity contribution in [3.05, 3.63) is 40.1 Å². The Labute approximate surface area is 127 Å². The summed E-state index contributed by atoms with van der Waals surface area (Å²) >= 11 is 1.50. The third kappa shape index (κ3) is 4.13. The molecule has 0 aliphatic carbocycles. The summed E-state index contributed by atoms with van der Waals surface area (Å²) in [5.41, 5.74) is 0.917. The standard InChI is InChI=1S/C15H17NO4S/c1-19-13-6-3-10(7-14(13)20-2)16-9-12-5-4-11(21-12)8-15(17)18/h3-7,16H,8-9H2,1-2H3,(H,17,18). The van der Waals surface area contributed by atoms with Gasteiger partial charge in [0.1, 0.15) is 0 Å². The Kier molecular flexibility index (Phi) is 5.05. The highest BCUT2D eigenvalue weighted by Gasteiger charge is 2.06. The predicted molar refractivity (Wildman–Crippen MR) is 82.5 cm³/mol. The van der Waals surface area contributed by atoms with Crippen molar-refractivity contribution >= 4 is 23.0 Å². The van der Waals surface area contributed by atoms with Gasteiger partial charge in [0.15, 0.2) is 11.5 Å². The minimum atomic E-state index is -0.809. The molecule has 5 nitrogen and oxygen atoms in total. The molecule has 0 fully saturated rings. The predicted octanol–water partition coefficient (Wildman–Crippen LogP) is 3.00. The van der Waals surface area contributed by atoms with Crippen molar-refractivity contribution in [1.29, 1.82) is 0 Å². The number of hydrogen-bond donors (Lipinski definition) is 2. The van der Waals surface area contributed by atoms with Crippen LogP contribution in [0.1, 0.15) is 9.75 Å². The van der Waals surface area contributed by atoms with Crippen molar-refractivity contribution in [1.82, 2.24) is 0 Å². The van der Waals surface area contributed by atoms with Crippen LogP contribution in [0, 0.1) is 0 Å². The number of hydrogen-bond acceptors (Lipinski definition) is 5. The summed E-state index contributed by atoms with van der Waals surface area (Å²) in [5, 5.41) is 12.0. The van der Waals surface area contributed by atoms with Gasteiger partial charge >= 0.3 is 5.97 Å². The van der Waals surface area contributed by atoms with Crippen molar-refractivity contribution in [2.24, 2.45) is 0 Å². The summed E-state index contributed by atoms with van der Waals surface area (Å²) in [5.74, 6) is 0.541. The Morgan fingerprint density at radius 1 is 1.14 bits per heavy atom. The molecule has 112 valence electrons. The number of methoxy groups -OCH3 is 2. The number of ether oxygens (including phenoxy) is 2. The molecule has 1 heterocycles. The van der Waals surface area contributed by atoms with E-state index in [-0.39, 0.29) is 6.42 Å². The second kappa shape index (κ2) is 6.99. The van der Waals surface area contributed by atoms with Crippen LogP contribution in [0.4, 0.5) is 5.69 Å². The summed E-state index contributed by atoms with van der Waals surface area (Å²) in [6.07, 6.45) is 0.0705. The zero-order valence-electron chi connectivity index (χ0n) is 11.9. The Morgan fingerprint density at radius 2 is 1.86 bits per heavy atom. The lowest BCUT2D eigenvalue weighted by Gasteiger charge is -2.10. The SMILES string of the molecule is COc1ccc(NCc2ccc(CC(=O)O)s2)cc1OC. The van der Waals surface area contributed by atoms with E-state index in [4.69, 9.17) is 14.6 Å². The number of rotatable bonds is 7.